The Morgan fingerprint density at radius 1 is 1.06 bits per heavy atom. The summed E-state index contributed by atoms with van der Waals surface area (Å²) in [4.78, 5) is 21.9. The summed E-state index contributed by atoms with van der Waals surface area (Å²) < 4.78 is 12.2. The number of nitrogens with zero attached hydrogens (tertiary/aromatic N) is 3. The third kappa shape index (κ3) is 6.58. The molecule has 1 amide bonds. The van der Waals surface area contributed by atoms with Gasteiger partial charge in [-0.1, -0.05) is 37.2 Å². The fraction of sp³-hybridized carbons (Fsp3) is 0.417. The number of fused-ring (bicyclic) bond motifs is 1. The summed E-state index contributed by atoms with van der Waals surface area (Å²) in [5.41, 5.74) is 1.40. The van der Waals surface area contributed by atoms with Crippen molar-refractivity contribution in [2.24, 2.45) is 0 Å². The van der Waals surface area contributed by atoms with E-state index in [2.05, 4.69) is 11.8 Å². The number of benzene rings is 2. The Morgan fingerprint density at radius 2 is 1.81 bits per heavy atom. The first-order valence-electron chi connectivity index (χ1n) is 10.7. The first kappa shape index (κ1) is 25.9. The van der Waals surface area contributed by atoms with E-state index in [1.54, 1.807) is 12.0 Å². The molecule has 0 N–H and O–H groups in total. The lowest BCUT2D eigenvalue weighted by atomic mass is 10.2. The number of aromatic nitrogens is 1. The number of carbonyl (C=O) groups is 1. The maximum atomic E-state index is 13.4. The van der Waals surface area contributed by atoms with Crippen molar-refractivity contribution in [1.82, 2.24) is 9.88 Å². The Balaban J connectivity index is 0.00000363. The molecule has 0 unspecified atom stereocenters. The molecule has 0 saturated heterocycles. The molecule has 0 atom stereocenters. The van der Waals surface area contributed by atoms with Crippen LogP contribution in [0.25, 0.3) is 10.2 Å². The highest BCUT2D eigenvalue weighted by atomic mass is 35.5. The van der Waals surface area contributed by atoms with Gasteiger partial charge in [0.25, 0.3) is 5.91 Å². The van der Waals surface area contributed by atoms with E-state index in [-0.39, 0.29) is 18.3 Å². The standard InChI is InChI=1S/C24H31N3O3S.ClH/c1-5-6-7-17-30-19-13-11-18(12-14-19)23(28)27(16-15-26(2)3)24-25-22-20(29-4)9-8-10-21(22)31-24;/h8-14H,5-7,15-17H2,1-4H3;1H. The van der Waals surface area contributed by atoms with Crippen molar-refractivity contribution < 1.29 is 14.3 Å². The fourth-order valence-corrected chi connectivity index (χ4v) is 4.17. The minimum Gasteiger partial charge on any atom is -0.494 e. The minimum atomic E-state index is -0.0718. The number of halogens is 1. The molecule has 1 heterocycles. The van der Waals surface area contributed by atoms with Gasteiger partial charge in [0, 0.05) is 18.7 Å². The highest BCUT2D eigenvalue weighted by Crippen LogP contribution is 2.34. The van der Waals surface area contributed by atoms with Crippen LogP contribution in [0.2, 0.25) is 0 Å². The lowest BCUT2D eigenvalue weighted by Crippen LogP contribution is -2.36. The Morgan fingerprint density at radius 3 is 2.47 bits per heavy atom. The first-order valence-corrected chi connectivity index (χ1v) is 11.5. The summed E-state index contributed by atoms with van der Waals surface area (Å²) in [6.45, 7) is 4.15. The van der Waals surface area contributed by atoms with Crippen LogP contribution in [0.15, 0.2) is 42.5 Å². The van der Waals surface area contributed by atoms with E-state index in [1.807, 2.05) is 56.6 Å². The van der Waals surface area contributed by atoms with Crippen LogP contribution in [0.4, 0.5) is 5.13 Å². The lowest BCUT2D eigenvalue weighted by molar-refractivity contribution is 0.0985. The van der Waals surface area contributed by atoms with Crippen LogP contribution in [0.1, 0.15) is 36.5 Å². The van der Waals surface area contributed by atoms with Gasteiger partial charge in [-0.15, -0.1) is 12.4 Å². The predicted molar refractivity (Wildman–Crippen MR) is 135 cm³/mol. The normalized spacial score (nSPS) is 10.8. The number of carbonyl (C=O) groups excluding carboxylic acids is 1. The van der Waals surface area contributed by atoms with Crippen molar-refractivity contribution in [3.63, 3.8) is 0 Å². The van der Waals surface area contributed by atoms with Crippen LogP contribution < -0.4 is 14.4 Å². The summed E-state index contributed by atoms with van der Waals surface area (Å²) in [5, 5.41) is 0.672. The van der Waals surface area contributed by atoms with Gasteiger partial charge in [0.1, 0.15) is 17.0 Å². The SMILES string of the molecule is CCCCCOc1ccc(C(=O)N(CCN(C)C)c2nc3c(OC)cccc3s2)cc1.Cl. The van der Waals surface area contributed by atoms with Crippen LogP contribution in [0.5, 0.6) is 11.5 Å². The van der Waals surface area contributed by atoms with Crippen molar-refractivity contribution in [2.45, 2.75) is 26.2 Å². The van der Waals surface area contributed by atoms with Crippen LogP contribution in [-0.2, 0) is 0 Å². The fourth-order valence-electron chi connectivity index (χ4n) is 3.17. The zero-order chi connectivity index (χ0) is 22.2. The number of unbranched alkanes of at least 4 members (excludes halogenated alkanes) is 2. The monoisotopic (exact) mass is 477 g/mol. The lowest BCUT2D eigenvalue weighted by Gasteiger charge is -2.22. The predicted octanol–water partition coefficient (Wildman–Crippen LogP) is 5.50. The maximum absolute atomic E-state index is 13.4. The van der Waals surface area contributed by atoms with Gasteiger partial charge >= 0.3 is 0 Å². The van der Waals surface area contributed by atoms with Crippen LogP contribution in [0, 0.1) is 0 Å². The van der Waals surface area contributed by atoms with Gasteiger partial charge in [-0.05, 0) is 56.9 Å². The average molecular weight is 478 g/mol. The van der Waals surface area contributed by atoms with Gasteiger partial charge in [-0.2, -0.15) is 0 Å². The highest BCUT2D eigenvalue weighted by molar-refractivity contribution is 7.22. The summed E-state index contributed by atoms with van der Waals surface area (Å²) in [5.74, 6) is 1.43. The molecule has 0 bridgehead atoms. The van der Waals surface area contributed by atoms with E-state index in [0.717, 1.165) is 41.8 Å². The zero-order valence-electron chi connectivity index (χ0n) is 19.2. The number of rotatable bonds is 11. The van der Waals surface area contributed by atoms with Crippen molar-refractivity contribution >= 4 is 45.0 Å². The second-order valence-corrected chi connectivity index (χ2v) is 8.65. The number of amides is 1. The van der Waals surface area contributed by atoms with Crippen LogP contribution >= 0.6 is 23.7 Å². The number of ether oxygens (including phenoxy) is 2. The minimum absolute atomic E-state index is 0. The molecule has 0 radical (unpaired) electrons. The van der Waals surface area contributed by atoms with Gasteiger partial charge in [0.15, 0.2) is 5.13 Å². The number of likely N-dealkylation sites (N-methyl/N-ethyl adjacent to an activating group) is 1. The molecule has 8 heteroatoms. The van der Waals surface area contributed by atoms with E-state index in [1.165, 1.54) is 11.3 Å². The van der Waals surface area contributed by atoms with E-state index in [9.17, 15) is 4.79 Å². The first-order chi connectivity index (χ1) is 15.0. The van der Waals surface area contributed by atoms with E-state index >= 15 is 0 Å². The molecule has 1 aromatic heterocycles. The van der Waals surface area contributed by atoms with Gasteiger partial charge in [-0.3, -0.25) is 9.69 Å². The van der Waals surface area contributed by atoms with Crippen molar-refractivity contribution in [3.8, 4) is 11.5 Å². The zero-order valence-corrected chi connectivity index (χ0v) is 20.8. The molecule has 0 saturated carbocycles. The molecule has 0 aliphatic rings. The molecule has 0 spiro atoms. The highest BCUT2D eigenvalue weighted by Gasteiger charge is 2.22. The number of para-hydroxylation sites is 1. The Labute approximate surface area is 200 Å². The molecular weight excluding hydrogens is 446 g/mol. The Bertz CT molecular complexity index is 992. The molecular formula is C24H32ClN3O3S. The number of thiazole rings is 1. The molecule has 0 aliphatic carbocycles. The van der Waals surface area contributed by atoms with Gasteiger partial charge in [-0.25, -0.2) is 4.98 Å². The molecule has 174 valence electrons. The largest absolute Gasteiger partial charge is 0.494 e. The Kier molecular flexibility index (Phi) is 10.2. The van der Waals surface area contributed by atoms with Crippen molar-refractivity contribution in [1.29, 1.82) is 0 Å². The molecule has 0 fully saturated rings. The van der Waals surface area contributed by atoms with Gasteiger partial charge in [0.2, 0.25) is 0 Å². The summed E-state index contributed by atoms with van der Waals surface area (Å²) in [7, 11) is 5.62. The number of methoxy groups -OCH3 is 1. The molecule has 3 rings (SSSR count). The van der Waals surface area contributed by atoms with Crippen molar-refractivity contribution in [3.05, 3.63) is 48.0 Å². The maximum Gasteiger partial charge on any atom is 0.260 e. The van der Waals surface area contributed by atoms with E-state index in [0.29, 0.717) is 29.6 Å². The van der Waals surface area contributed by atoms with Crippen LogP contribution in [-0.4, -0.2) is 56.7 Å². The molecule has 0 aliphatic heterocycles. The topological polar surface area (TPSA) is 54.9 Å². The van der Waals surface area contributed by atoms with Gasteiger partial charge in [0.05, 0.1) is 18.4 Å². The smallest absolute Gasteiger partial charge is 0.260 e. The van der Waals surface area contributed by atoms with Crippen molar-refractivity contribution in [2.75, 3.05) is 45.8 Å². The van der Waals surface area contributed by atoms with Crippen LogP contribution in [0.3, 0.4) is 0 Å². The summed E-state index contributed by atoms with van der Waals surface area (Å²) >= 11 is 1.50. The third-order valence-corrected chi connectivity index (χ3v) is 6.00. The number of anilines is 1. The number of hydrogen-bond donors (Lipinski definition) is 0. The molecule has 2 aromatic carbocycles. The number of hydrogen-bond acceptors (Lipinski definition) is 6. The van der Waals surface area contributed by atoms with E-state index in [4.69, 9.17) is 14.5 Å². The average Bonchev–Trinajstić information content (AvgIpc) is 3.21. The molecule has 6 nitrogen and oxygen atoms in total. The Hall–Kier alpha value is -2.35. The molecule has 3 aromatic rings. The summed E-state index contributed by atoms with van der Waals surface area (Å²) in [6, 6.07) is 13.2. The van der Waals surface area contributed by atoms with E-state index < -0.39 is 0 Å². The van der Waals surface area contributed by atoms with Gasteiger partial charge < -0.3 is 14.4 Å². The second-order valence-electron chi connectivity index (χ2n) is 7.64. The molecule has 32 heavy (non-hydrogen) atoms. The third-order valence-electron chi connectivity index (χ3n) is 4.96. The quantitative estimate of drug-likeness (QED) is 0.341. The second kappa shape index (κ2) is 12.6. The summed E-state index contributed by atoms with van der Waals surface area (Å²) in [6.07, 6.45) is 3.36.